The number of amides is 1. The van der Waals surface area contributed by atoms with E-state index >= 15 is 0 Å². The summed E-state index contributed by atoms with van der Waals surface area (Å²) in [6.45, 7) is 6.28. The van der Waals surface area contributed by atoms with E-state index in [0.717, 1.165) is 64.1 Å². The van der Waals surface area contributed by atoms with Gasteiger partial charge in [0.2, 0.25) is 5.91 Å². The Morgan fingerprint density at radius 2 is 2.00 bits per heavy atom. The highest BCUT2D eigenvalue weighted by atomic mass is 35.5. The average molecular weight is 394 g/mol. The number of carbonyl (C=O) groups excluding carboxylic acids is 1. The van der Waals surface area contributed by atoms with E-state index in [1.54, 1.807) is 0 Å². The van der Waals surface area contributed by atoms with Crippen molar-refractivity contribution in [1.29, 1.82) is 0 Å². The van der Waals surface area contributed by atoms with Crippen LogP contribution in [0.25, 0.3) is 0 Å². The number of rotatable bonds is 6. The largest absolute Gasteiger partial charge is 0.396 e. The van der Waals surface area contributed by atoms with Crippen LogP contribution >= 0.6 is 11.6 Å². The first-order valence-corrected chi connectivity index (χ1v) is 10.5. The summed E-state index contributed by atoms with van der Waals surface area (Å²) in [6.07, 6.45) is 3.23. The van der Waals surface area contributed by atoms with Gasteiger partial charge in [-0.25, -0.2) is 0 Å². The zero-order chi connectivity index (χ0) is 19.2. The zero-order valence-corrected chi connectivity index (χ0v) is 17.1. The van der Waals surface area contributed by atoms with Gasteiger partial charge in [0.25, 0.3) is 0 Å². The first kappa shape index (κ1) is 20.6. The van der Waals surface area contributed by atoms with Crippen LogP contribution < -0.4 is 0 Å². The van der Waals surface area contributed by atoms with Gasteiger partial charge >= 0.3 is 0 Å². The Morgan fingerprint density at radius 3 is 2.70 bits per heavy atom. The molecule has 0 radical (unpaired) electrons. The van der Waals surface area contributed by atoms with Crippen molar-refractivity contribution >= 4 is 17.5 Å². The summed E-state index contributed by atoms with van der Waals surface area (Å²) in [5.41, 5.74) is 0.973. The lowest BCUT2D eigenvalue weighted by molar-refractivity contribution is -0.133. The van der Waals surface area contributed by atoms with Gasteiger partial charge < -0.3 is 14.9 Å². The standard InChI is InChI=1S/C21H32ClN3O2/c1-23-9-11-24(12-10-23)20-7-8-25(16-18(20)5-3-13-26)21(27)15-17-4-2-6-19(22)14-17/h2,4,6,14,18,20,26H,3,5,7-13,15-16H2,1H3/t18-,20+/m1/s1. The van der Waals surface area contributed by atoms with Crippen molar-refractivity contribution in [2.75, 3.05) is 52.9 Å². The van der Waals surface area contributed by atoms with Gasteiger partial charge in [-0.1, -0.05) is 23.7 Å². The number of likely N-dealkylation sites (N-methyl/N-ethyl adjacent to an activating group) is 1. The van der Waals surface area contributed by atoms with E-state index in [4.69, 9.17) is 11.6 Å². The van der Waals surface area contributed by atoms with Gasteiger partial charge in [-0.3, -0.25) is 9.69 Å². The topological polar surface area (TPSA) is 47.0 Å². The van der Waals surface area contributed by atoms with E-state index < -0.39 is 0 Å². The molecule has 2 saturated heterocycles. The summed E-state index contributed by atoms with van der Waals surface area (Å²) in [4.78, 5) is 19.9. The Morgan fingerprint density at radius 1 is 1.22 bits per heavy atom. The first-order valence-electron chi connectivity index (χ1n) is 10.1. The van der Waals surface area contributed by atoms with Gasteiger partial charge in [-0.2, -0.15) is 0 Å². The van der Waals surface area contributed by atoms with Crippen LogP contribution in [0.3, 0.4) is 0 Å². The summed E-state index contributed by atoms with van der Waals surface area (Å²) in [6, 6.07) is 8.10. The van der Waals surface area contributed by atoms with Crippen molar-refractivity contribution in [3.05, 3.63) is 34.9 Å². The minimum atomic E-state index is 0.183. The fourth-order valence-electron chi connectivity index (χ4n) is 4.45. The fraction of sp³-hybridized carbons (Fsp3) is 0.667. The smallest absolute Gasteiger partial charge is 0.227 e. The van der Waals surface area contributed by atoms with E-state index in [9.17, 15) is 9.90 Å². The number of benzene rings is 1. The third kappa shape index (κ3) is 5.67. The van der Waals surface area contributed by atoms with E-state index in [2.05, 4.69) is 16.8 Å². The maximum Gasteiger partial charge on any atom is 0.227 e. The molecule has 0 aliphatic carbocycles. The minimum Gasteiger partial charge on any atom is -0.396 e. The Labute approximate surface area is 167 Å². The normalized spacial score (nSPS) is 24.9. The predicted molar refractivity (Wildman–Crippen MR) is 109 cm³/mol. The molecular weight excluding hydrogens is 362 g/mol. The van der Waals surface area contributed by atoms with E-state index in [1.807, 2.05) is 29.2 Å². The van der Waals surface area contributed by atoms with Crippen molar-refractivity contribution in [2.45, 2.75) is 31.7 Å². The highest BCUT2D eigenvalue weighted by Crippen LogP contribution is 2.27. The monoisotopic (exact) mass is 393 g/mol. The lowest BCUT2D eigenvalue weighted by Gasteiger charge is -2.46. The van der Waals surface area contributed by atoms with Crippen LogP contribution in [0.15, 0.2) is 24.3 Å². The number of carbonyl (C=O) groups is 1. The van der Waals surface area contributed by atoms with Crippen molar-refractivity contribution in [3.63, 3.8) is 0 Å². The first-order chi connectivity index (χ1) is 13.1. The van der Waals surface area contributed by atoms with Crippen molar-refractivity contribution in [1.82, 2.24) is 14.7 Å². The maximum atomic E-state index is 12.8. The van der Waals surface area contributed by atoms with Crippen LogP contribution in [-0.2, 0) is 11.2 Å². The molecule has 2 heterocycles. The molecule has 2 aliphatic heterocycles. The molecule has 0 unspecified atom stereocenters. The Balaban J connectivity index is 1.61. The third-order valence-electron chi connectivity index (χ3n) is 6.03. The predicted octanol–water partition coefficient (Wildman–Crippen LogP) is 2.12. The van der Waals surface area contributed by atoms with E-state index in [-0.39, 0.29) is 12.5 Å². The fourth-order valence-corrected chi connectivity index (χ4v) is 4.66. The number of hydrogen-bond donors (Lipinski definition) is 1. The van der Waals surface area contributed by atoms with Crippen LogP contribution in [0.1, 0.15) is 24.8 Å². The number of hydrogen-bond acceptors (Lipinski definition) is 4. The van der Waals surface area contributed by atoms with Crippen molar-refractivity contribution < 1.29 is 9.90 Å². The minimum absolute atomic E-state index is 0.183. The number of piperidine rings is 1. The molecular formula is C21H32ClN3O2. The highest BCUT2D eigenvalue weighted by molar-refractivity contribution is 6.30. The molecule has 1 N–H and O–H groups in total. The molecule has 0 spiro atoms. The molecule has 5 nitrogen and oxygen atoms in total. The summed E-state index contributed by atoms with van der Waals surface area (Å²) in [7, 11) is 2.18. The second kappa shape index (κ2) is 9.87. The van der Waals surface area contributed by atoms with Gasteiger partial charge in [-0.15, -0.1) is 0 Å². The number of likely N-dealkylation sites (tertiary alicyclic amines) is 1. The summed E-state index contributed by atoms with van der Waals surface area (Å²) < 4.78 is 0. The molecule has 150 valence electrons. The van der Waals surface area contributed by atoms with Crippen LogP contribution in [0.4, 0.5) is 0 Å². The number of aliphatic hydroxyl groups excluding tert-OH is 1. The second-order valence-electron chi connectivity index (χ2n) is 7.97. The van der Waals surface area contributed by atoms with Crippen molar-refractivity contribution in [3.8, 4) is 0 Å². The Kier molecular flexibility index (Phi) is 7.53. The molecule has 6 heteroatoms. The lowest BCUT2D eigenvalue weighted by atomic mass is 9.86. The van der Waals surface area contributed by atoms with Gasteiger partial charge in [0.05, 0.1) is 6.42 Å². The summed E-state index contributed by atoms with van der Waals surface area (Å²) in [5, 5.41) is 9.99. The molecule has 1 aromatic carbocycles. The zero-order valence-electron chi connectivity index (χ0n) is 16.3. The van der Waals surface area contributed by atoms with Crippen molar-refractivity contribution in [2.24, 2.45) is 5.92 Å². The number of nitrogens with zero attached hydrogens (tertiary/aromatic N) is 3. The average Bonchev–Trinajstić information content (AvgIpc) is 2.67. The molecule has 0 bridgehead atoms. The van der Waals surface area contributed by atoms with Gasteiger partial charge in [0.15, 0.2) is 0 Å². The van der Waals surface area contributed by atoms with Gasteiger partial charge in [0.1, 0.15) is 0 Å². The summed E-state index contributed by atoms with van der Waals surface area (Å²) in [5.74, 6) is 0.626. The number of piperazine rings is 1. The Hall–Kier alpha value is -1.14. The summed E-state index contributed by atoms with van der Waals surface area (Å²) >= 11 is 6.05. The maximum absolute atomic E-state index is 12.8. The number of aliphatic hydroxyl groups is 1. The molecule has 0 aromatic heterocycles. The second-order valence-corrected chi connectivity index (χ2v) is 8.40. The van der Waals surface area contributed by atoms with Crippen LogP contribution in [0, 0.1) is 5.92 Å². The highest BCUT2D eigenvalue weighted by Gasteiger charge is 2.35. The molecule has 2 aliphatic rings. The van der Waals surface area contributed by atoms with Crippen LogP contribution in [0.5, 0.6) is 0 Å². The SMILES string of the molecule is CN1CCN([C@H]2CCN(C(=O)Cc3cccc(Cl)c3)C[C@H]2CCCO)CC1. The quantitative estimate of drug-likeness (QED) is 0.804. The Bertz CT molecular complexity index is 619. The van der Waals surface area contributed by atoms with Gasteiger partial charge in [-0.05, 0) is 49.9 Å². The lowest BCUT2D eigenvalue weighted by Crippen LogP contribution is -2.57. The number of halogens is 1. The van der Waals surface area contributed by atoms with Crippen LogP contribution in [-0.4, -0.2) is 84.7 Å². The third-order valence-corrected chi connectivity index (χ3v) is 6.27. The molecule has 27 heavy (non-hydrogen) atoms. The van der Waals surface area contributed by atoms with Gasteiger partial charge in [0, 0.05) is 56.9 Å². The molecule has 2 fully saturated rings. The van der Waals surface area contributed by atoms with Crippen LogP contribution in [0.2, 0.25) is 5.02 Å². The van der Waals surface area contributed by atoms with E-state index in [1.165, 1.54) is 0 Å². The molecule has 2 atom stereocenters. The molecule has 0 saturated carbocycles. The van der Waals surface area contributed by atoms with E-state index in [0.29, 0.717) is 23.4 Å². The molecule has 1 aromatic rings. The molecule has 1 amide bonds. The molecule has 3 rings (SSSR count).